The van der Waals surface area contributed by atoms with Crippen LogP contribution in [0.25, 0.3) is 0 Å². The van der Waals surface area contributed by atoms with Crippen LogP contribution in [-0.2, 0) is 0 Å². The molecule has 0 spiro atoms. The minimum atomic E-state index is 0.296. The minimum Gasteiger partial charge on any atom is -0.306 e. The van der Waals surface area contributed by atoms with Crippen molar-refractivity contribution in [2.24, 2.45) is 5.41 Å². The summed E-state index contributed by atoms with van der Waals surface area (Å²) in [6, 6.07) is 0.828. The molecule has 0 aromatic carbocycles. The van der Waals surface area contributed by atoms with Crippen LogP contribution < -0.4 is 5.32 Å². The van der Waals surface area contributed by atoms with Crippen molar-refractivity contribution in [3.05, 3.63) is 16.6 Å². The van der Waals surface area contributed by atoms with Crippen LogP contribution in [0.15, 0.2) is 10.9 Å². The second-order valence-corrected chi connectivity index (χ2v) is 5.61. The highest BCUT2D eigenvalue weighted by Crippen LogP contribution is 2.22. The highest BCUT2D eigenvalue weighted by molar-refractivity contribution is 7.07. The lowest BCUT2D eigenvalue weighted by Gasteiger charge is -2.30. The van der Waals surface area contributed by atoms with Crippen molar-refractivity contribution in [2.75, 3.05) is 0 Å². The van der Waals surface area contributed by atoms with Crippen LogP contribution in [0.5, 0.6) is 0 Å². The van der Waals surface area contributed by atoms with Gasteiger partial charge in [-0.25, -0.2) is 4.98 Å². The van der Waals surface area contributed by atoms with Gasteiger partial charge in [0.15, 0.2) is 0 Å². The molecule has 0 amide bonds. The van der Waals surface area contributed by atoms with Gasteiger partial charge in [0.2, 0.25) is 0 Å². The summed E-state index contributed by atoms with van der Waals surface area (Å²) in [6.45, 7) is 11.1. The molecule has 1 N–H and O–H groups in total. The van der Waals surface area contributed by atoms with Gasteiger partial charge in [0.05, 0.1) is 11.2 Å². The summed E-state index contributed by atoms with van der Waals surface area (Å²) in [5.74, 6) is 0. The number of rotatable bonds is 3. The monoisotopic (exact) mass is 212 g/mol. The van der Waals surface area contributed by atoms with Gasteiger partial charge in [-0.1, -0.05) is 20.8 Å². The van der Waals surface area contributed by atoms with Crippen LogP contribution in [0.2, 0.25) is 0 Å². The van der Waals surface area contributed by atoms with Crippen molar-refractivity contribution < 1.29 is 0 Å². The Labute approximate surface area is 90.8 Å². The number of hydrogen-bond donors (Lipinski definition) is 1. The normalized spacial score (nSPS) is 16.6. The molecule has 2 unspecified atom stereocenters. The molecule has 0 radical (unpaired) electrons. The van der Waals surface area contributed by atoms with Crippen LogP contribution in [-0.4, -0.2) is 11.0 Å². The van der Waals surface area contributed by atoms with Crippen LogP contribution in [0, 0.1) is 5.41 Å². The molecule has 14 heavy (non-hydrogen) atoms. The zero-order chi connectivity index (χ0) is 10.8. The summed E-state index contributed by atoms with van der Waals surface area (Å²) in [4.78, 5) is 4.31. The molecule has 1 rings (SSSR count). The van der Waals surface area contributed by atoms with Crippen LogP contribution in [0.1, 0.15) is 46.4 Å². The number of nitrogens with one attached hydrogen (secondary N) is 1. The molecule has 2 atom stereocenters. The first kappa shape index (κ1) is 11.7. The Morgan fingerprint density at radius 2 is 2.00 bits per heavy atom. The van der Waals surface area contributed by atoms with E-state index >= 15 is 0 Å². The predicted molar refractivity (Wildman–Crippen MR) is 62.6 cm³/mol. The molecule has 2 nitrogen and oxygen atoms in total. The second-order valence-electron chi connectivity index (χ2n) is 4.89. The third-order valence-corrected chi connectivity index (χ3v) is 3.30. The van der Waals surface area contributed by atoms with E-state index < -0.39 is 0 Å². The van der Waals surface area contributed by atoms with Gasteiger partial charge in [-0.3, -0.25) is 0 Å². The highest BCUT2D eigenvalue weighted by Gasteiger charge is 2.22. The molecule has 1 aromatic rings. The Morgan fingerprint density at radius 3 is 2.43 bits per heavy atom. The van der Waals surface area contributed by atoms with E-state index in [2.05, 4.69) is 50.3 Å². The molecule has 0 aliphatic heterocycles. The second kappa shape index (κ2) is 4.41. The third-order valence-electron chi connectivity index (χ3n) is 2.69. The van der Waals surface area contributed by atoms with Gasteiger partial charge in [0.25, 0.3) is 0 Å². The molecule has 0 aliphatic rings. The fraction of sp³-hybridized carbons (Fsp3) is 0.727. The van der Waals surface area contributed by atoms with Gasteiger partial charge < -0.3 is 5.32 Å². The maximum atomic E-state index is 4.31. The molecule has 1 heterocycles. The standard InChI is InChI=1S/C11H20N2S/c1-8(10-6-14-7-12-10)13-9(2)11(3,4)5/h6-9,13H,1-5H3. The van der Waals surface area contributed by atoms with Gasteiger partial charge in [-0.05, 0) is 19.3 Å². The summed E-state index contributed by atoms with van der Waals surface area (Å²) in [6.07, 6.45) is 0. The Morgan fingerprint density at radius 1 is 1.36 bits per heavy atom. The van der Waals surface area contributed by atoms with E-state index in [0.717, 1.165) is 5.69 Å². The van der Waals surface area contributed by atoms with Crippen molar-refractivity contribution >= 4 is 11.3 Å². The van der Waals surface area contributed by atoms with Crippen LogP contribution >= 0.6 is 11.3 Å². The lowest BCUT2D eigenvalue weighted by atomic mass is 9.87. The van der Waals surface area contributed by atoms with Crippen LogP contribution in [0.3, 0.4) is 0 Å². The maximum Gasteiger partial charge on any atom is 0.0795 e. The van der Waals surface area contributed by atoms with Crippen molar-refractivity contribution in [3.8, 4) is 0 Å². The lowest BCUT2D eigenvalue weighted by molar-refractivity contribution is 0.267. The fourth-order valence-electron chi connectivity index (χ4n) is 1.15. The minimum absolute atomic E-state index is 0.296. The molecular weight excluding hydrogens is 192 g/mol. The van der Waals surface area contributed by atoms with Crippen molar-refractivity contribution in [1.82, 2.24) is 10.3 Å². The van der Waals surface area contributed by atoms with E-state index in [-0.39, 0.29) is 0 Å². The summed E-state index contributed by atoms with van der Waals surface area (Å²) in [5, 5.41) is 5.67. The first-order valence-electron chi connectivity index (χ1n) is 5.05. The van der Waals surface area contributed by atoms with E-state index in [1.165, 1.54) is 0 Å². The average molecular weight is 212 g/mol. The molecule has 0 saturated heterocycles. The number of thiazole rings is 1. The zero-order valence-electron chi connectivity index (χ0n) is 9.66. The topological polar surface area (TPSA) is 24.9 Å². The smallest absolute Gasteiger partial charge is 0.0795 e. The van der Waals surface area contributed by atoms with E-state index in [4.69, 9.17) is 0 Å². The van der Waals surface area contributed by atoms with Gasteiger partial charge in [0.1, 0.15) is 0 Å². The molecule has 1 aromatic heterocycles. The Kier molecular flexibility index (Phi) is 3.67. The predicted octanol–water partition coefficient (Wildman–Crippen LogP) is 3.23. The van der Waals surface area contributed by atoms with Gasteiger partial charge >= 0.3 is 0 Å². The number of hydrogen-bond acceptors (Lipinski definition) is 3. The molecule has 0 fully saturated rings. The zero-order valence-corrected chi connectivity index (χ0v) is 10.5. The van der Waals surface area contributed by atoms with E-state index in [1.54, 1.807) is 11.3 Å². The van der Waals surface area contributed by atoms with Gasteiger partial charge in [-0.15, -0.1) is 11.3 Å². The molecule has 0 saturated carbocycles. The summed E-state index contributed by atoms with van der Waals surface area (Å²) in [7, 11) is 0. The average Bonchev–Trinajstić information content (AvgIpc) is 2.53. The molecule has 0 bridgehead atoms. The molecule has 80 valence electrons. The first-order valence-corrected chi connectivity index (χ1v) is 5.99. The summed E-state index contributed by atoms with van der Waals surface area (Å²) < 4.78 is 0. The van der Waals surface area contributed by atoms with Crippen LogP contribution in [0.4, 0.5) is 0 Å². The summed E-state index contributed by atoms with van der Waals surface area (Å²) >= 11 is 1.65. The Balaban J connectivity index is 2.53. The van der Waals surface area contributed by atoms with E-state index in [9.17, 15) is 0 Å². The number of aromatic nitrogens is 1. The van der Waals surface area contributed by atoms with E-state index in [1.807, 2.05) is 5.51 Å². The molecular formula is C11H20N2S. The third kappa shape index (κ3) is 3.07. The summed E-state index contributed by atoms with van der Waals surface area (Å²) in [5.41, 5.74) is 3.32. The highest BCUT2D eigenvalue weighted by atomic mass is 32.1. The largest absolute Gasteiger partial charge is 0.306 e. The Hall–Kier alpha value is -0.410. The maximum absolute atomic E-state index is 4.31. The molecule has 3 heteroatoms. The van der Waals surface area contributed by atoms with Crippen molar-refractivity contribution in [3.63, 3.8) is 0 Å². The van der Waals surface area contributed by atoms with Crippen molar-refractivity contribution in [2.45, 2.75) is 46.7 Å². The van der Waals surface area contributed by atoms with E-state index in [0.29, 0.717) is 17.5 Å². The SMILES string of the molecule is CC(NC(C)C(C)(C)C)c1cscn1. The Bertz CT molecular complexity index is 261. The van der Waals surface area contributed by atoms with Gasteiger partial charge in [-0.2, -0.15) is 0 Å². The first-order chi connectivity index (χ1) is 6.41. The van der Waals surface area contributed by atoms with Crippen molar-refractivity contribution in [1.29, 1.82) is 0 Å². The lowest BCUT2D eigenvalue weighted by Crippen LogP contribution is -2.39. The fourth-order valence-corrected chi connectivity index (χ4v) is 1.79. The molecule has 0 aliphatic carbocycles. The number of nitrogens with zero attached hydrogens (tertiary/aromatic N) is 1. The van der Waals surface area contributed by atoms with Gasteiger partial charge in [0, 0.05) is 17.5 Å². The quantitative estimate of drug-likeness (QED) is 0.832.